The van der Waals surface area contributed by atoms with Crippen molar-refractivity contribution in [2.75, 3.05) is 16.8 Å². The molecule has 2 aromatic carbocycles. The van der Waals surface area contributed by atoms with E-state index >= 15 is 0 Å². The SMILES string of the molecule is CC(=O)N(CC(=O)Nc1ccc(C)c(Br)c1)c1ccc(C)c(C)c1. The van der Waals surface area contributed by atoms with Crippen molar-refractivity contribution in [1.29, 1.82) is 0 Å². The summed E-state index contributed by atoms with van der Waals surface area (Å²) in [5.41, 5.74) is 4.75. The van der Waals surface area contributed by atoms with Gasteiger partial charge in [0, 0.05) is 22.8 Å². The third kappa shape index (κ3) is 4.45. The summed E-state index contributed by atoms with van der Waals surface area (Å²) in [6.45, 7) is 7.42. The number of nitrogens with zero attached hydrogens (tertiary/aromatic N) is 1. The van der Waals surface area contributed by atoms with Crippen LogP contribution in [0.3, 0.4) is 0 Å². The van der Waals surface area contributed by atoms with Gasteiger partial charge >= 0.3 is 0 Å². The van der Waals surface area contributed by atoms with E-state index in [0.717, 1.165) is 26.9 Å². The molecule has 24 heavy (non-hydrogen) atoms. The van der Waals surface area contributed by atoms with Gasteiger partial charge in [0.2, 0.25) is 11.8 Å². The predicted molar refractivity (Wildman–Crippen MR) is 101 cm³/mol. The molecule has 0 atom stereocenters. The Kier molecular flexibility index (Phi) is 5.78. The number of benzene rings is 2. The number of rotatable bonds is 4. The fraction of sp³-hybridized carbons (Fsp3) is 0.263. The van der Waals surface area contributed by atoms with Crippen molar-refractivity contribution in [3.05, 3.63) is 57.6 Å². The van der Waals surface area contributed by atoms with Crippen LogP contribution in [0.2, 0.25) is 0 Å². The topological polar surface area (TPSA) is 49.4 Å². The van der Waals surface area contributed by atoms with Crippen LogP contribution in [-0.2, 0) is 9.59 Å². The Morgan fingerprint density at radius 2 is 1.67 bits per heavy atom. The fourth-order valence-electron chi connectivity index (χ4n) is 2.29. The average Bonchev–Trinajstić information content (AvgIpc) is 2.51. The lowest BCUT2D eigenvalue weighted by molar-refractivity contribution is -0.120. The summed E-state index contributed by atoms with van der Waals surface area (Å²) >= 11 is 3.45. The average molecular weight is 389 g/mol. The Morgan fingerprint density at radius 1 is 1.00 bits per heavy atom. The van der Waals surface area contributed by atoms with Crippen LogP contribution in [0.25, 0.3) is 0 Å². The highest BCUT2D eigenvalue weighted by Gasteiger charge is 2.16. The van der Waals surface area contributed by atoms with Gasteiger partial charge in [0.05, 0.1) is 0 Å². The van der Waals surface area contributed by atoms with Crippen molar-refractivity contribution in [2.24, 2.45) is 0 Å². The first-order valence-electron chi connectivity index (χ1n) is 7.69. The number of halogens is 1. The van der Waals surface area contributed by atoms with Crippen molar-refractivity contribution >= 4 is 39.1 Å². The lowest BCUT2D eigenvalue weighted by Gasteiger charge is -2.21. The summed E-state index contributed by atoms with van der Waals surface area (Å²) in [6, 6.07) is 11.3. The largest absolute Gasteiger partial charge is 0.324 e. The van der Waals surface area contributed by atoms with E-state index in [0.29, 0.717) is 5.69 Å². The van der Waals surface area contributed by atoms with Gasteiger partial charge in [0.1, 0.15) is 6.54 Å². The van der Waals surface area contributed by atoms with E-state index in [1.807, 2.05) is 57.2 Å². The second-order valence-electron chi connectivity index (χ2n) is 5.89. The van der Waals surface area contributed by atoms with Gasteiger partial charge in [0.25, 0.3) is 0 Å². The molecule has 0 aliphatic carbocycles. The van der Waals surface area contributed by atoms with Crippen molar-refractivity contribution in [3.8, 4) is 0 Å². The van der Waals surface area contributed by atoms with Crippen LogP contribution in [0.15, 0.2) is 40.9 Å². The standard InChI is InChI=1S/C19H21BrN2O2/c1-12-6-8-17(9-14(12)3)22(15(4)23)11-19(24)21-16-7-5-13(2)18(20)10-16/h5-10H,11H2,1-4H3,(H,21,24). The number of amides is 2. The van der Waals surface area contributed by atoms with E-state index in [2.05, 4.69) is 21.2 Å². The molecule has 0 spiro atoms. The zero-order valence-corrected chi connectivity index (χ0v) is 15.9. The Morgan fingerprint density at radius 3 is 2.25 bits per heavy atom. The van der Waals surface area contributed by atoms with Crippen LogP contribution in [-0.4, -0.2) is 18.4 Å². The minimum absolute atomic E-state index is 0.0245. The van der Waals surface area contributed by atoms with E-state index in [9.17, 15) is 9.59 Å². The first kappa shape index (κ1) is 18.2. The third-order valence-electron chi connectivity index (χ3n) is 3.94. The van der Waals surface area contributed by atoms with Gasteiger partial charge in [-0.25, -0.2) is 0 Å². The fourth-order valence-corrected chi connectivity index (χ4v) is 2.67. The van der Waals surface area contributed by atoms with E-state index in [4.69, 9.17) is 0 Å². The first-order chi connectivity index (χ1) is 11.3. The Labute approximate surface area is 151 Å². The van der Waals surface area contributed by atoms with Crippen molar-refractivity contribution in [2.45, 2.75) is 27.7 Å². The molecule has 4 nitrogen and oxygen atoms in total. The molecule has 2 rings (SSSR count). The molecule has 1 N–H and O–H groups in total. The minimum atomic E-state index is -0.237. The van der Waals surface area contributed by atoms with E-state index in [1.165, 1.54) is 11.8 Å². The molecular formula is C19H21BrN2O2. The quantitative estimate of drug-likeness (QED) is 0.845. The highest BCUT2D eigenvalue weighted by molar-refractivity contribution is 9.10. The van der Waals surface area contributed by atoms with Crippen molar-refractivity contribution in [3.63, 3.8) is 0 Å². The molecule has 0 aliphatic rings. The molecule has 0 unspecified atom stereocenters. The first-order valence-corrected chi connectivity index (χ1v) is 8.48. The second kappa shape index (κ2) is 7.62. The maximum Gasteiger partial charge on any atom is 0.244 e. The lowest BCUT2D eigenvalue weighted by Crippen LogP contribution is -2.36. The molecule has 0 fully saturated rings. The van der Waals surface area contributed by atoms with Crippen LogP contribution in [0.4, 0.5) is 11.4 Å². The second-order valence-corrected chi connectivity index (χ2v) is 6.74. The summed E-state index contributed by atoms with van der Waals surface area (Å²) in [5, 5.41) is 2.83. The summed E-state index contributed by atoms with van der Waals surface area (Å²) in [7, 11) is 0. The summed E-state index contributed by atoms with van der Waals surface area (Å²) in [4.78, 5) is 25.8. The van der Waals surface area contributed by atoms with Crippen LogP contribution in [0.1, 0.15) is 23.6 Å². The van der Waals surface area contributed by atoms with Gasteiger partial charge < -0.3 is 10.2 Å². The molecule has 126 valence electrons. The van der Waals surface area contributed by atoms with Crippen LogP contribution in [0, 0.1) is 20.8 Å². The van der Waals surface area contributed by atoms with E-state index < -0.39 is 0 Å². The normalized spacial score (nSPS) is 10.4. The monoisotopic (exact) mass is 388 g/mol. The zero-order chi connectivity index (χ0) is 17.9. The van der Waals surface area contributed by atoms with Crippen molar-refractivity contribution < 1.29 is 9.59 Å². The molecule has 2 aromatic rings. The molecule has 0 aromatic heterocycles. The van der Waals surface area contributed by atoms with E-state index in [1.54, 1.807) is 0 Å². The maximum absolute atomic E-state index is 12.3. The highest BCUT2D eigenvalue weighted by Crippen LogP contribution is 2.22. The molecule has 2 amide bonds. The van der Waals surface area contributed by atoms with E-state index in [-0.39, 0.29) is 18.4 Å². The minimum Gasteiger partial charge on any atom is -0.324 e. The Balaban J connectivity index is 2.15. The number of hydrogen-bond donors (Lipinski definition) is 1. The number of carbonyl (C=O) groups is 2. The van der Waals surface area contributed by atoms with Crippen LogP contribution < -0.4 is 10.2 Å². The molecule has 0 bridgehead atoms. The molecule has 0 radical (unpaired) electrons. The van der Waals surface area contributed by atoms with Crippen LogP contribution in [0.5, 0.6) is 0 Å². The van der Waals surface area contributed by atoms with Gasteiger partial charge in [0.15, 0.2) is 0 Å². The summed E-state index contributed by atoms with van der Waals surface area (Å²) in [5.74, 6) is -0.405. The number of carbonyl (C=O) groups excluding carboxylic acids is 2. The highest BCUT2D eigenvalue weighted by atomic mass is 79.9. The molecule has 0 heterocycles. The van der Waals surface area contributed by atoms with Gasteiger partial charge in [-0.3, -0.25) is 9.59 Å². The van der Waals surface area contributed by atoms with Crippen molar-refractivity contribution in [1.82, 2.24) is 0 Å². The molecule has 0 aliphatic heterocycles. The predicted octanol–water partition coefficient (Wildman–Crippen LogP) is 4.37. The van der Waals surface area contributed by atoms with Gasteiger partial charge in [-0.2, -0.15) is 0 Å². The molecule has 5 heteroatoms. The summed E-state index contributed by atoms with van der Waals surface area (Å²) in [6.07, 6.45) is 0. The third-order valence-corrected chi connectivity index (χ3v) is 4.79. The van der Waals surface area contributed by atoms with Gasteiger partial charge in [-0.05, 0) is 61.7 Å². The zero-order valence-electron chi connectivity index (χ0n) is 14.3. The van der Waals surface area contributed by atoms with Crippen LogP contribution >= 0.6 is 15.9 Å². The number of aryl methyl sites for hydroxylation is 3. The maximum atomic E-state index is 12.3. The molecule has 0 saturated carbocycles. The number of nitrogens with one attached hydrogen (secondary N) is 1. The number of anilines is 2. The smallest absolute Gasteiger partial charge is 0.244 e. The van der Waals surface area contributed by atoms with Gasteiger partial charge in [-0.1, -0.05) is 28.1 Å². The van der Waals surface area contributed by atoms with Gasteiger partial charge in [-0.15, -0.1) is 0 Å². The lowest BCUT2D eigenvalue weighted by atomic mass is 10.1. The molecular weight excluding hydrogens is 368 g/mol. The molecule has 0 saturated heterocycles. The summed E-state index contributed by atoms with van der Waals surface area (Å²) < 4.78 is 0.929. The Hall–Kier alpha value is -2.14. The number of hydrogen-bond acceptors (Lipinski definition) is 2. The Bertz CT molecular complexity index is 787.